The first-order valence-electron chi connectivity index (χ1n) is 14.0. The van der Waals surface area contributed by atoms with Crippen LogP contribution >= 0.6 is 0 Å². The summed E-state index contributed by atoms with van der Waals surface area (Å²) in [5.41, 5.74) is 4.75. The molecule has 8 heteroatoms. The lowest BCUT2D eigenvalue weighted by atomic mass is 9.82. The maximum absolute atomic E-state index is 14.0. The van der Waals surface area contributed by atoms with Gasteiger partial charge in [-0.05, 0) is 47.2 Å². The summed E-state index contributed by atoms with van der Waals surface area (Å²) in [6.07, 6.45) is 1.84. The number of halogens is 2. The molecule has 0 radical (unpaired) electrons. The van der Waals surface area contributed by atoms with Gasteiger partial charge in [0.15, 0.2) is 11.6 Å². The van der Waals surface area contributed by atoms with E-state index in [-0.39, 0.29) is 36.3 Å². The second-order valence-electron chi connectivity index (χ2n) is 10.8. The minimum absolute atomic E-state index is 0.00547. The molecule has 0 aliphatic carbocycles. The van der Waals surface area contributed by atoms with E-state index in [9.17, 15) is 18.4 Å². The normalized spacial score (nSPS) is 18.3. The number of piperazine rings is 1. The number of hydrogen-bond donors (Lipinski definition) is 1. The van der Waals surface area contributed by atoms with Crippen molar-refractivity contribution < 1.29 is 23.1 Å². The van der Waals surface area contributed by atoms with Gasteiger partial charge in [-0.1, -0.05) is 54.6 Å². The van der Waals surface area contributed by atoms with Crippen molar-refractivity contribution in [2.24, 2.45) is 0 Å². The number of benzene rings is 3. The summed E-state index contributed by atoms with van der Waals surface area (Å²) in [5, 5.41) is 3.59. The monoisotopic (exact) mass is 559 g/mol. The summed E-state index contributed by atoms with van der Waals surface area (Å²) in [6.45, 7) is 3.35. The predicted molar refractivity (Wildman–Crippen MR) is 154 cm³/mol. The molecule has 2 amide bonds. The molecule has 2 heterocycles. The van der Waals surface area contributed by atoms with Gasteiger partial charge < -0.3 is 19.9 Å². The van der Waals surface area contributed by atoms with Gasteiger partial charge in [-0.3, -0.25) is 9.59 Å². The summed E-state index contributed by atoms with van der Waals surface area (Å²) in [6, 6.07) is 21.0. The summed E-state index contributed by atoms with van der Waals surface area (Å²) in [7, 11) is 1.83. The molecule has 2 aliphatic rings. The zero-order valence-electron chi connectivity index (χ0n) is 23.4. The van der Waals surface area contributed by atoms with Gasteiger partial charge >= 0.3 is 0 Å². The number of carbonyl (C=O) groups excluding carboxylic acids is 2. The number of nitrogens with zero attached hydrogens (tertiary/aromatic N) is 2. The van der Waals surface area contributed by atoms with E-state index in [1.807, 2.05) is 54.4 Å². The van der Waals surface area contributed by atoms with Crippen LogP contribution < -0.4 is 10.1 Å². The predicted octanol–water partition coefficient (Wildman–Crippen LogP) is 4.63. The van der Waals surface area contributed by atoms with E-state index < -0.39 is 11.6 Å². The summed E-state index contributed by atoms with van der Waals surface area (Å²) in [5.74, 6) is -1.32. The molecule has 3 aromatic carbocycles. The first kappa shape index (κ1) is 28.5. The molecule has 2 atom stereocenters. The zero-order valence-corrected chi connectivity index (χ0v) is 23.4. The van der Waals surface area contributed by atoms with Crippen molar-refractivity contribution in [2.75, 3.05) is 33.3 Å². The van der Waals surface area contributed by atoms with E-state index in [4.69, 9.17) is 4.74 Å². The minimum Gasteiger partial charge on any atom is -0.490 e. The zero-order chi connectivity index (χ0) is 28.9. The van der Waals surface area contributed by atoms with Crippen LogP contribution in [-0.4, -0.2) is 67.0 Å². The maximum Gasteiger partial charge on any atom is 0.251 e. The number of nitrogens with one attached hydrogen (secondary N) is 1. The van der Waals surface area contributed by atoms with Crippen molar-refractivity contribution >= 4 is 17.4 Å². The highest BCUT2D eigenvalue weighted by Gasteiger charge is 2.39. The fraction of sp³-hybridized carbons (Fsp3) is 0.333. The Kier molecular flexibility index (Phi) is 8.78. The van der Waals surface area contributed by atoms with Crippen LogP contribution in [0.25, 0.3) is 5.57 Å². The van der Waals surface area contributed by atoms with Crippen LogP contribution in [-0.2, 0) is 22.4 Å². The number of likely N-dealkylation sites (N-methyl/N-ethyl adjacent to an activating group) is 1. The van der Waals surface area contributed by atoms with Gasteiger partial charge in [-0.2, -0.15) is 0 Å². The molecule has 2 aliphatic heterocycles. The molecule has 1 fully saturated rings. The molecule has 3 aromatic rings. The highest BCUT2D eigenvalue weighted by molar-refractivity contribution is 6.03. The van der Waals surface area contributed by atoms with Crippen LogP contribution in [0.5, 0.6) is 5.75 Å². The minimum atomic E-state index is -0.606. The second-order valence-corrected chi connectivity index (χ2v) is 10.8. The summed E-state index contributed by atoms with van der Waals surface area (Å²) >= 11 is 0. The van der Waals surface area contributed by atoms with Gasteiger partial charge in [0.2, 0.25) is 5.91 Å². The van der Waals surface area contributed by atoms with Crippen molar-refractivity contribution in [1.82, 2.24) is 15.1 Å². The quantitative estimate of drug-likeness (QED) is 0.415. The Balaban J connectivity index is 1.39. The van der Waals surface area contributed by atoms with E-state index in [1.54, 1.807) is 11.8 Å². The Morgan fingerprint density at radius 2 is 1.76 bits per heavy atom. The standard InChI is InChI=1S/C33H35F2N3O3/c1-22(39)38-20-27-19-28(25-10-6-9-24(17-25)14-16-41-31-18-26(34)11-12-29(31)35)32(30(21-38)36-27)33(40)37(2)15-13-23-7-4-3-5-8-23/h3-12,17-18,27,30,36H,13-16,19-21H2,1-2H3/t27?,30-/m1/s1. The van der Waals surface area contributed by atoms with Gasteiger partial charge in [-0.15, -0.1) is 0 Å². The lowest BCUT2D eigenvalue weighted by molar-refractivity contribution is -0.132. The maximum atomic E-state index is 14.0. The molecule has 5 rings (SSSR count). The van der Waals surface area contributed by atoms with E-state index in [0.717, 1.165) is 46.9 Å². The Bertz CT molecular complexity index is 1440. The van der Waals surface area contributed by atoms with Gasteiger partial charge in [0.25, 0.3) is 5.91 Å². The Morgan fingerprint density at radius 3 is 2.54 bits per heavy atom. The molecule has 1 saturated heterocycles. The highest BCUT2D eigenvalue weighted by atomic mass is 19.1. The number of rotatable bonds is 9. The average molecular weight is 560 g/mol. The Labute approximate surface area is 239 Å². The van der Waals surface area contributed by atoms with E-state index >= 15 is 0 Å². The number of fused-ring (bicyclic) bond motifs is 2. The molecule has 1 N–H and O–H groups in total. The van der Waals surface area contributed by atoms with Crippen molar-refractivity contribution in [1.29, 1.82) is 0 Å². The van der Waals surface area contributed by atoms with E-state index in [1.165, 1.54) is 0 Å². The van der Waals surface area contributed by atoms with Crippen molar-refractivity contribution in [3.8, 4) is 5.75 Å². The molecular weight excluding hydrogens is 524 g/mol. The molecule has 0 saturated carbocycles. The summed E-state index contributed by atoms with van der Waals surface area (Å²) in [4.78, 5) is 29.8. The van der Waals surface area contributed by atoms with Crippen LogP contribution in [0, 0.1) is 11.6 Å². The fourth-order valence-electron chi connectivity index (χ4n) is 5.65. The lowest BCUT2D eigenvalue weighted by Crippen LogP contribution is -2.61. The second kappa shape index (κ2) is 12.6. The topological polar surface area (TPSA) is 61.9 Å². The fourth-order valence-corrected chi connectivity index (χ4v) is 5.65. The largest absolute Gasteiger partial charge is 0.490 e. The molecule has 1 unspecified atom stereocenters. The molecule has 0 spiro atoms. The molecular formula is C33H35F2N3O3. The van der Waals surface area contributed by atoms with E-state index in [0.29, 0.717) is 38.0 Å². The van der Waals surface area contributed by atoms with Crippen LogP contribution in [0.1, 0.15) is 30.0 Å². The number of ether oxygens (including phenoxy) is 1. The molecule has 2 bridgehead atoms. The molecule has 0 aromatic heterocycles. The Hall–Kier alpha value is -4.04. The third-order valence-corrected chi connectivity index (χ3v) is 7.82. The summed E-state index contributed by atoms with van der Waals surface area (Å²) < 4.78 is 33.0. The highest BCUT2D eigenvalue weighted by Crippen LogP contribution is 2.34. The van der Waals surface area contributed by atoms with Crippen LogP contribution in [0.2, 0.25) is 0 Å². The van der Waals surface area contributed by atoms with Crippen molar-refractivity contribution in [2.45, 2.75) is 38.3 Å². The number of amides is 2. The molecule has 214 valence electrons. The van der Waals surface area contributed by atoms with Gasteiger partial charge in [-0.25, -0.2) is 8.78 Å². The first-order chi connectivity index (χ1) is 19.8. The van der Waals surface area contributed by atoms with Crippen LogP contribution in [0.15, 0.2) is 78.4 Å². The van der Waals surface area contributed by atoms with Crippen molar-refractivity contribution in [3.63, 3.8) is 0 Å². The Morgan fingerprint density at radius 1 is 0.976 bits per heavy atom. The SMILES string of the molecule is CC(=O)N1CC2CC(c3cccc(CCOc4cc(F)ccc4F)c3)=C(C(=O)N(C)CCc3ccccc3)[C@@H](C1)N2. The molecule has 6 nitrogen and oxygen atoms in total. The van der Waals surface area contributed by atoms with Gasteiger partial charge in [0, 0.05) is 57.7 Å². The average Bonchev–Trinajstić information content (AvgIpc) is 2.97. The smallest absolute Gasteiger partial charge is 0.251 e. The van der Waals surface area contributed by atoms with Crippen LogP contribution in [0.3, 0.4) is 0 Å². The van der Waals surface area contributed by atoms with Crippen LogP contribution in [0.4, 0.5) is 8.78 Å². The first-order valence-corrected chi connectivity index (χ1v) is 14.0. The third kappa shape index (κ3) is 6.82. The number of hydrogen-bond acceptors (Lipinski definition) is 4. The number of carbonyl (C=O) groups is 2. The molecule has 41 heavy (non-hydrogen) atoms. The lowest BCUT2D eigenvalue weighted by Gasteiger charge is -2.44. The van der Waals surface area contributed by atoms with Gasteiger partial charge in [0.05, 0.1) is 12.6 Å². The van der Waals surface area contributed by atoms with Crippen molar-refractivity contribution in [3.05, 3.63) is 107 Å². The van der Waals surface area contributed by atoms with Gasteiger partial charge in [0.1, 0.15) is 5.82 Å². The van der Waals surface area contributed by atoms with E-state index in [2.05, 4.69) is 17.4 Å². The third-order valence-electron chi connectivity index (χ3n) is 7.82.